The lowest BCUT2D eigenvalue weighted by molar-refractivity contribution is -0.143. The molecule has 1 amide bonds. The van der Waals surface area contributed by atoms with Gasteiger partial charge in [0.15, 0.2) is 0 Å². The molecule has 0 bridgehead atoms. The molecule has 3 rings (SSSR count). The van der Waals surface area contributed by atoms with Crippen molar-refractivity contribution in [3.63, 3.8) is 0 Å². The van der Waals surface area contributed by atoms with Gasteiger partial charge in [-0.15, -0.1) is 0 Å². The summed E-state index contributed by atoms with van der Waals surface area (Å²) < 4.78 is 32.1. The number of nitrogens with zero attached hydrogens (tertiary/aromatic N) is 2. The van der Waals surface area contributed by atoms with E-state index in [9.17, 15) is 13.2 Å². The molecule has 6 nitrogen and oxygen atoms in total. The maximum atomic E-state index is 12.6. The summed E-state index contributed by atoms with van der Waals surface area (Å²) in [7, 11) is -1.61. The van der Waals surface area contributed by atoms with Crippen molar-refractivity contribution >= 4 is 15.9 Å². The van der Waals surface area contributed by atoms with Crippen molar-refractivity contribution in [2.45, 2.75) is 19.3 Å². The molecule has 1 aromatic carbocycles. The average molecular weight is 352 g/mol. The van der Waals surface area contributed by atoms with Gasteiger partial charge in [0.25, 0.3) is 0 Å². The number of benzene rings is 1. The van der Waals surface area contributed by atoms with Crippen LogP contribution in [-0.2, 0) is 14.8 Å². The molecule has 0 N–H and O–H groups in total. The van der Waals surface area contributed by atoms with Crippen LogP contribution in [-0.4, -0.2) is 62.6 Å². The van der Waals surface area contributed by atoms with Crippen molar-refractivity contribution in [2.75, 3.05) is 39.0 Å². The zero-order valence-electron chi connectivity index (χ0n) is 14.0. The predicted octanol–water partition coefficient (Wildman–Crippen LogP) is 1.34. The van der Waals surface area contributed by atoms with Gasteiger partial charge in [0.2, 0.25) is 15.9 Å². The fourth-order valence-corrected chi connectivity index (χ4v) is 4.99. The number of rotatable bonds is 5. The second-order valence-corrected chi connectivity index (χ2v) is 8.76. The minimum atomic E-state index is -3.41. The molecule has 7 heteroatoms. The number of sulfonamides is 1. The van der Waals surface area contributed by atoms with Crippen LogP contribution in [0.25, 0.3) is 0 Å². The Labute approximate surface area is 143 Å². The molecule has 2 aliphatic rings. The predicted molar refractivity (Wildman–Crippen MR) is 91.2 cm³/mol. The fraction of sp³-hybridized carbons (Fsp3) is 0.588. The summed E-state index contributed by atoms with van der Waals surface area (Å²) in [6.07, 6.45) is 2.34. The van der Waals surface area contributed by atoms with E-state index in [1.165, 1.54) is 4.31 Å². The van der Waals surface area contributed by atoms with Crippen LogP contribution in [0.2, 0.25) is 0 Å². The summed E-state index contributed by atoms with van der Waals surface area (Å²) in [6, 6.07) is 9.17. The number of piperidine rings is 1. The van der Waals surface area contributed by atoms with E-state index in [0.717, 1.165) is 19.4 Å². The highest BCUT2D eigenvalue weighted by atomic mass is 32.2. The zero-order chi connectivity index (χ0) is 17.2. The molecule has 24 heavy (non-hydrogen) atoms. The van der Waals surface area contributed by atoms with E-state index in [1.807, 2.05) is 18.2 Å². The number of hydrogen-bond acceptors (Lipinski definition) is 4. The van der Waals surface area contributed by atoms with E-state index in [2.05, 4.69) is 0 Å². The highest BCUT2D eigenvalue weighted by molar-refractivity contribution is 7.89. The Hall–Kier alpha value is -1.60. The SMILES string of the molecule is CN1CCCC2(CCN(S(=O)(=O)CCOc3ccccc3)C2)C1=O. The second-order valence-electron chi connectivity index (χ2n) is 6.67. The summed E-state index contributed by atoms with van der Waals surface area (Å²) >= 11 is 0. The highest BCUT2D eigenvalue weighted by Crippen LogP contribution is 2.40. The van der Waals surface area contributed by atoms with E-state index in [1.54, 1.807) is 24.1 Å². The van der Waals surface area contributed by atoms with Crippen LogP contribution in [0.5, 0.6) is 5.75 Å². The quantitative estimate of drug-likeness (QED) is 0.802. The van der Waals surface area contributed by atoms with E-state index in [-0.39, 0.29) is 18.3 Å². The topological polar surface area (TPSA) is 66.9 Å². The van der Waals surface area contributed by atoms with Gasteiger partial charge in [-0.25, -0.2) is 12.7 Å². The van der Waals surface area contributed by atoms with E-state index in [0.29, 0.717) is 25.3 Å². The van der Waals surface area contributed by atoms with Crippen LogP contribution in [0.1, 0.15) is 19.3 Å². The van der Waals surface area contributed by atoms with Crippen LogP contribution in [0.4, 0.5) is 0 Å². The lowest BCUT2D eigenvalue weighted by Gasteiger charge is -2.37. The summed E-state index contributed by atoms with van der Waals surface area (Å²) in [5, 5.41) is 0. The Balaban J connectivity index is 1.59. The number of likely N-dealkylation sites (tertiary alicyclic amines) is 1. The number of ether oxygens (including phenoxy) is 1. The van der Waals surface area contributed by atoms with Gasteiger partial charge in [-0.1, -0.05) is 18.2 Å². The Kier molecular flexibility index (Phi) is 4.83. The molecule has 2 aliphatic heterocycles. The van der Waals surface area contributed by atoms with Gasteiger partial charge in [0.05, 0.1) is 11.2 Å². The molecule has 1 atom stereocenters. The monoisotopic (exact) mass is 352 g/mol. The molecule has 0 radical (unpaired) electrons. The molecule has 132 valence electrons. The molecular weight excluding hydrogens is 328 g/mol. The van der Waals surface area contributed by atoms with Gasteiger partial charge in [-0.3, -0.25) is 4.79 Å². The van der Waals surface area contributed by atoms with E-state index < -0.39 is 15.4 Å². The third kappa shape index (κ3) is 3.42. The van der Waals surface area contributed by atoms with Gasteiger partial charge in [0, 0.05) is 26.7 Å². The smallest absolute Gasteiger partial charge is 0.229 e. The fourth-order valence-electron chi connectivity index (χ4n) is 3.63. The van der Waals surface area contributed by atoms with Crippen LogP contribution in [0.15, 0.2) is 30.3 Å². The standard InChI is InChI=1S/C17H24N2O4S/c1-18-10-5-8-17(16(18)20)9-11-19(14-17)24(21,22)13-12-23-15-6-3-2-4-7-15/h2-4,6-7H,5,8-14H2,1H3. The molecule has 2 fully saturated rings. The van der Waals surface area contributed by atoms with Crippen molar-refractivity contribution in [3.05, 3.63) is 30.3 Å². The molecule has 1 spiro atoms. The molecular formula is C17H24N2O4S. The number of hydrogen-bond donors (Lipinski definition) is 0. The normalized spacial score (nSPS) is 25.4. The third-order valence-electron chi connectivity index (χ3n) is 5.01. The summed E-state index contributed by atoms with van der Waals surface area (Å²) in [5.41, 5.74) is -0.514. The Bertz CT molecular complexity index is 692. The van der Waals surface area contributed by atoms with Crippen molar-refractivity contribution in [1.29, 1.82) is 0 Å². The van der Waals surface area contributed by atoms with Gasteiger partial charge < -0.3 is 9.64 Å². The van der Waals surface area contributed by atoms with Crippen molar-refractivity contribution in [2.24, 2.45) is 5.41 Å². The number of carbonyl (C=O) groups is 1. The van der Waals surface area contributed by atoms with E-state index in [4.69, 9.17) is 4.74 Å². The van der Waals surface area contributed by atoms with Gasteiger partial charge >= 0.3 is 0 Å². The zero-order valence-corrected chi connectivity index (χ0v) is 14.8. The molecule has 0 aliphatic carbocycles. The Morgan fingerprint density at radius 1 is 1.17 bits per heavy atom. The maximum absolute atomic E-state index is 12.6. The number of para-hydroxylation sites is 1. The minimum Gasteiger partial charge on any atom is -0.492 e. The first-order chi connectivity index (χ1) is 11.4. The second kappa shape index (κ2) is 6.72. The lowest BCUT2D eigenvalue weighted by Crippen LogP contribution is -2.48. The minimum absolute atomic E-state index is 0.0675. The largest absolute Gasteiger partial charge is 0.492 e. The Morgan fingerprint density at radius 2 is 1.92 bits per heavy atom. The van der Waals surface area contributed by atoms with Gasteiger partial charge in [-0.2, -0.15) is 0 Å². The van der Waals surface area contributed by atoms with Crippen molar-refractivity contribution in [1.82, 2.24) is 9.21 Å². The molecule has 1 aromatic rings. The summed E-state index contributed by atoms with van der Waals surface area (Å²) in [5.74, 6) is 0.684. The number of amides is 1. The van der Waals surface area contributed by atoms with E-state index >= 15 is 0 Å². The lowest BCUT2D eigenvalue weighted by atomic mass is 9.78. The maximum Gasteiger partial charge on any atom is 0.229 e. The van der Waals surface area contributed by atoms with Crippen LogP contribution < -0.4 is 4.74 Å². The highest BCUT2D eigenvalue weighted by Gasteiger charge is 2.49. The summed E-state index contributed by atoms with van der Waals surface area (Å²) in [4.78, 5) is 14.2. The van der Waals surface area contributed by atoms with Gasteiger partial charge in [-0.05, 0) is 31.4 Å². The van der Waals surface area contributed by atoms with Crippen LogP contribution >= 0.6 is 0 Å². The third-order valence-corrected chi connectivity index (χ3v) is 6.80. The van der Waals surface area contributed by atoms with Gasteiger partial charge in [0.1, 0.15) is 12.4 Å². The molecule has 2 heterocycles. The molecule has 2 saturated heterocycles. The first-order valence-electron chi connectivity index (χ1n) is 8.34. The summed E-state index contributed by atoms with van der Waals surface area (Å²) in [6.45, 7) is 1.61. The molecule has 0 saturated carbocycles. The first-order valence-corrected chi connectivity index (χ1v) is 9.95. The number of carbonyl (C=O) groups excluding carboxylic acids is 1. The molecule has 1 unspecified atom stereocenters. The first kappa shape index (κ1) is 17.2. The molecule has 0 aromatic heterocycles. The van der Waals surface area contributed by atoms with Crippen molar-refractivity contribution in [3.8, 4) is 5.75 Å². The van der Waals surface area contributed by atoms with Crippen LogP contribution in [0, 0.1) is 5.41 Å². The van der Waals surface area contributed by atoms with Crippen molar-refractivity contribution < 1.29 is 17.9 Å². The van der Waals surface area contributed by atoms with Crippen LogP contribution in [0.3, 0.4) is 0 Å². The average Bonchev–Trinajstić information content (AvgIpc) is 3.00. The Morgan fingerprint density at radius 3 is 2.67 bits per heavy atom.